The number of aryl methyl sites for hydroxylation is 1. The van der Waals surface area contributed by atoms with E-state index in [1.807, 2.05) is 37.3 Å². The summed E-state index contributed by atoms with van der Waals surface area (Å²) in [6, 6.07) is 13.6. The predicted molar refractivity (Wildman–Crippen MR) is 80.9 cm³/mol. The summed E-state index contributed by atoms with van der Waals surface area (Å²) in [4.78, 5) is 10.4. The van der Waals surface area contributed by atoms with Crippen LogP contribution in [0.1, 0.15) is 18.9 Å². The molecule has 2 aromatic carbocycles. The van der Waals surface area contributed by atoms with E-state index in [4.69, 9.17) is 0 Å². The minimum atomic E-state index is -0.607. The molecule has 0 radical (unpaired) electrons. The molecule has 0 aliphatic rings. The monoisotopic (exact) mass is 288 g/mol. The van der Waals surface area contributed by atoms with E-state index in [0.717, 1.165) is 18.9 Å². The molecule has 21 heavy (non-hydrogen) atoms. The Morgan fingerprint density at radius 3 is 2.62 bits per heavy atom. The van der Waals surface area contributed by atoms with Gasteiger partial charge in [0.05, 0.1) is 11.0 Å². The van der Waals surface area contributed by atoms with Crippen LogP contribution in [-0.4, -0.2) is 11.0 Å². The standard InChI is InChI=1S/C16H17FN2O2/c1-12(7-8-13-5-3-2-4-6-13)18-15-10-9-14(17)11-16(15)19(20)21/h2-6,9-12,18H,7-8H2,1H3. The predicted octanol–water partition coefficient (Wildman–Crippen LogP) is 4.17. The molecule has 0 aromatic heterocycles. The van der Waals surface area contributed by atoms with E-state index in [9.17, 15) is 14.5 Å². The van der Waals surface area contributed by atoms with Crippen LogP contribution in [0.15, 0.2) is 48.5 Å². The third-order valence-electron chi connectivity index (χ3n) is 3.27. The average Bonchev–Trinajstić information content (AvgIpc) is 2.48. The van der Waals surface area contributed by atoms with Crippen molar-refractivity contribution in [3.63, 3.8) is 0 Å². The van der Waals surface area contributed by atoms with Crippen molar-refractivity contribution in [2.24, 2.45) is 0 Å². The second-order valence-electron chi connectivity index (χ2n) is 4.99. The van der Waals surface area contributed by atoms with Crippen LogP contribution in [0, 0.1) is 15.9 Å². The van der Waals surface area contributed by atoms with Crippen molar-refractivity contribution in [3.05, 3.63) is 70.0 Å². The van der Waals surface area contributed by atoms with Crippen molar-refractivity contribution < 1.29 is 9.31 Å². The van der Waals surface area contributed by atoms with Crippen LogP contribution in [0.5, 0.6) is 0 Å². The Bertz CT molecular complexity index is 617. The lowest BCUT2D eigenvalue weighted by Crippen LogP contribution is -2.17. The molecule has 0 spiro atoms. The SMILES string of the molecule is CC(CCc1ccccc1)Nc1ccc(F)cc1[N+](=O)[O-]. The van der Waals surface area contributed by atoms with Crippen molar-refractivity contribution in [2.75, 3.05) is 5.32 Å². The molecule has 0 heterocycles. The van der Waals surface area contributed by atoms with Gasteiger partial charge in [0.1, 0.15) is 11.5 Å². The summed E-state index contributed by atoms with van der Waals surface area (Å²) in [7, 11) is 0. The summed E-state index contributed by atoms with van der Waals surface area (Å²) in [5.41, 5.74) is 1.34. The highest BCUT2D eigenvalue weighted by molar-refractivity contribution is 5.61. The lowest BCUT2D eigenvalue weighted by molar-refractivity contribution is -0.384. The number of halogens is 1. The fourth-order valence-electron chi connectivity index (χ4n) is 2.14. The second-order valence-corrected chi connectivity index (χ2v) is 4.99. The van der Waals surface area contributed by atoms with E-state index >= 15 is 0 Å². The summed E-state index contributed by atoms with van der Waals surface area (Å²) >= 11 is 0. The zero-order chi connectivity index (χ0) is 15.2. The molecular weight excluding hydrogens is 271 g/mol. The number of hydrogen-bond acceptors (Lipinski definition) is 3. The molecule has 0 saturated heterocycles. The highest BCUT2D eigenvalue weighted by atomic mass is 19.1. The lowest BCUT2D eigenvalue weighted by Gasteiger charge is -2.15. The first-order valence-electron chi connectivity index (χ1n) is 6.80. The number of nitrogens with zero attached hydrogens (tertiary/aromatic N) is 1. The van der Waals surface area contributed by atoms with Gasteiger partial charge in [0, 0.05) is 6.04 Å². The van der Waals surface area contributed by atoms with Gasteiger partial charge in [0.25, 0.3) is 5.69 Å². The number of nitro groups is 1. The van der Waals surface area contributed by atoms with Crippen LogP contribution in [0.2, 0.25) is 0 Å². The summed E-state index contributed by atoms with van der Waals surface area (Å²) in [5, 5.41) is 14.0. The number of benzene rings is 2. The highest BCUT2D eigenvalue weighted by Crippen LogP contribution is 2.26. The van der Waals surface area contributed by atoms with Gasteiger partial charge in [-0.05, 0) is 37.5 Å². The summed E-state index contributed by atoms with van der Waals surface area (Å²) in [6.45, 7) is 1.95. The molecule has 1 N–H and O–H groups in total. The number of anilines is 1. The smallest absolute Gasteiger partial charge is 0.295 e. The van der Waals surface area contributed by atoms with Crippen LogP contribution in [-0.2, 0) is 6.42 Å². The van der Waals surface area contributed by atoms with Crippen LogP contribution in [0.3, 0.4) is 0 Å². The Morgan fingerprint density at radius 2 is 1.95 bits per heavy atom. The average molecular weight is 288 g/mol. The molecule has 0 bridgehead atoms. The first kappa shape index (κ1) is 15.0. The molecule has 2 aromatic rings. The molecular formula is C16H17FN2O2. The van der Waals surface area contributed by atoms with E-state index in [0.29, 0.717) is 5.69 Å². The second kappa shape index (κ2) is 6.83. The topological polar surface area (TPSA) is 55.2 Å². The van der Waals surface area contributed by atoms with Crippen molar-refractivity contribution >= 4 is 11.4 Å². The molecule has 110 valence electrons. The van der Waals surface area contributed by atoms with Gasteiger partial charge in [0.2, 0.25) is 0 Å². The largest absolute Gasteiger partial charge is 0.377 e. The fraction of sp³-hybridized carbons (Fsp3) is 0.250. The minimum absolute atomic E-state index is 0.0503. The van der Waals surface area contributed by atoms with Crippen molar-refractivity contribution in [2.45, 2.75) is 25.8 Å². The zero-order valence-corrected chi connectivity index (χ0v) is 11.8. The maximum Gasteiger partial charge on any atom is 0.295 e. The van der Waals surface area contributed by atoms with Gasteiger partial charge in [0.15, 0.2) is 0 Å². The Kier molecular flexibility index (Phi) is 4.87. The third-order valence-corrected chi connectivity index (χ3v) is 3.27. The van der Waals surface area contributed by atoms with E-state index in [1.165, 1.54) is 17.7 Å². The maximum atomic E-state index is 13.1. The van der Waals surface area contributed by atoms with E-state index in [-0.39, 0.29) is 11.7 Å². The number of nitro benzene ring substituents is 1. The van der Waals surface area contributed by atoms with Gasteiger partial charge in [-0.25, -0.2) is 4.39 Å². The molecule has 0 amide bonds. The Labute approximate surface area is 122 Å². The molecule has 0 saturated carbocycles. The molecule has 0 aliphatic carbocycles. The van der Waals surface area contributed by atoms with E-state index < -0.39 is 10.7 Å². The Balaban J connectivity index is 1.99. The third kappa shape index (κ3) is 4.27. The zero-order valence-electron chi connectivity index (χ0n) is 11.8. The Morgan fingerprint density at radius 1 is 1.24 bits per heavy atom. The first-order valence-corrected chi connectivity index (χ1v) is 6.80. The molecule has 4 nitrogen and oxygen atoms in total. The van der Waals surface area contributed by atoms with Gasteiger partial charge in [-0.3, -0.25) is 10.1 Å². The highest BCUT2D eigenvalue weighted by Gasteiger charge is 2.16. The van der Waals surface area contributed by atoms with E-state index in [2.05, 4.69) is 5.32 Å². The number of rotatable bonds is 6. The normalized spacial score (nSPS) is 11.9. The molecule has 1 unspecified atom stereocenters. The van der Waals surface area contributed by atoms with Crippen LogP contribution in [0.4, 0.5) is 15.8 Å². The molecule has 2 rings (SSSR count). The van der Waals surface area contributed by atoms with Gasteiger partial charge < -0.3 is 5.32 Å². The van der Waals surface area contributed by atoms with Gasteiger partial charge >= 0.3 is 0 Å². The summed E-state index contributed by atoms with van der Waals surface area (Å²) in [6.07, 6.45) is 1.71. The number of nitrogens with one attached hydrogen (secondary N) is 1. The molecule has 5 heteroatoms. The Hall–Kier alpha value is -2.43. The van der Waals surface area contributed by atoms with Gasteiger partial charge in [-0.15, -0.1) is 0 Å². The summed E-state index contributed by atoms with van der Waals surface area (Å²) < 4.78 is 13.1. The van der Waals surface area contributed by atoms with Crippen molar-refractivity contribution in [3.8, 4) is 0 Å². The number of hydrogen-bond donors (Lipinski definition) is 1. The van der Waals surface area contributed by atoms with Crippen LogP contribution >= 0.6 is 0 Å². The quantitative estimate of drug-likeness (QED) is 0.641. The first-order chi connectivity index (χ1) is 10.1. The molecule has 0 aliphatic heterocycles. The van der Waals surface area contributed by atoms with Gasteiger partial charge in [-0.1, -0.05) is 30.3 Å². The minimum Gasteiger partial charge on any atom is -0.377 e. The van der Waals surface area contributed by atoms with Crippen LogP contribution < -0.4 is 5.32 Å². The molecule has 0 fully saturated rings. The fourth-order valence-corrected chi connectivity index (χ4v) is 2.14. The summed E-state index contributed by atoms with van der Waals surface area (Å²) in [5.74, 6) is -0.607. The van der Waals surface area contributed by atoms with Crippen LogP contribution in [0.25, 0.3) is 0 Å². The van der Waals surface area contributed by atoms with Crippen molar-refractivity contribution in [1.29, 1.82) is 0 Å². The molecule has 1 atom stereocenters. The van der Waals surface area contributed by atoms with E-state index in [1.54, 1.807) is 0 Å². The maximum absolute atomic E-state index is 13.1. The van der Waals surface area contributed by atoms with Crippen molar-refractivity contribution in [1.82, 2.24) is 0 Å². The van der Waals surface area contributed by atoms with Gasteiger partial charge in [-0.2, -0.15) is 0 Å². The lowest BCUT2D eigenvalue weighted by atomic mass is 10.1.